The van der Waals surface area contributed by atoms with Crippen molar-refractivity contribution in [3.8, 4) is 11.5 Å². The van der Waals surface area contributed by atoms with Crippen molar-refractivity contribution in [3.05, 3.63) is 92.3 Å². The number of hydrogen-bond donors (Lipinski definition) is 0. The molecule has 4 nitrogen and oxygen atoms in total. The summed E-state index contributed by atoms with van der Waals surface area (Å²) in [5.41, 5.74) is 3.49. The highest BCUT2D eigenvalue weighted by atomic mass is 35.5. The number of rotatable bonds is 6. The van der Waals surface area contributed by atoms with E-state index in [0.717, 1.165) is 22.4 Å². The van der Waals surface area contributed by atoms with Crippen molar-refractivity contribution in [3.63, 3.8) is 0 Å². The molecule has 3 aromatic rings. The molecule has 1 heterocycles. The van der Waals surface area contributed by atoms with Gasteiger partial charge in [-0.3, -0.25) is 9.69 Å². The van der Waals surface area contributed by atoms with E-state index >= 15 is 0 Å². The maximum atomic E-state index is 13.0. The maximum Gasteiger partial charge on any atom is 0.270 e. The highest BCUT2D eigenvalue weighted by Crippen LogP contribution is 2.37. The van der Waals surface area contributed by atoms with E-state index < -0.39 is 0 Å². The summed E-state index contributed by atoms with van der Waals surface area (Å²) in [5, 5.41) is 1.10. The van der Waals surface area contributed by atoms with E-state index in [4.69, 9.17) is 44.9 Å². The lowest BCUT2D eigenvalue weighted by Crippen LogP contribution is -2.27. The zero-order valence-corrected chi connectivity index (χ0v) is 20.9. The largest absolute Gasteiger partial charge is 0.493 e. The molecule has 33 heavy (non-hydrogen) atoms. The molecule has 1 saturated heterocycles. The van der Waals surface area contributed by atoms with Crippen LogP contribution in [0, 0.1) is 6.92 Å². The van der Waals surface area contributed by atoms with Gasteiger partial charge in [0.15, 0.2) is 15.8 Å². The van der Waals surface area contributed by atoms with E-state index in [-0.39, 0.29) is 12.5 Å². The highest BCUT2D eigenvalue weighted by molar-refractivity contribution is 8.27. The molecule has 1 fully saturated rings. The molecular weight excluding hydrogens is 497 g/mol. The van der Waals surface area contributed by atoms with Crippen molar-refractivity contribution in [1.29, 1.82) is 0 Å². The number of thioether (sulfide) groups is 1. The summed E-state index contributed by atoms with van der Waals surface area (Å²) in [6.45, 7) is 2.26. The quantitative estimate of drug-likeness (QED) is 0.254. The zero-order chi connectivity index (χ0) is 23.5. The summed E-state index contributed by atoms with van der Waals surface area (Å²) >= 11 is 18.9. The fourth-order valence-electron chi connectivity index (χ4n) is 3.22. The molecule has 1 aliphatic heterocycles. The van der Waals surface area contributed by atoms with E-state index in [1.807, 2.05) is 49.4 Å². The zero-order valence-electron chi connectivity index (χ0n) is 17.8. The molecule has 3 aromatic carbocycles. The normalized spacial score (nSPS) is 14.8. The Labute approximate surface area is 212 Å². The van der Waals surface area contributed by atoms with Crippen LogP contribution in [-0.4, -0.2) is 17.3 Å². The molecule has 0 aromatic heterocycles. The van der Waals surface area contributed by atoms with Crippen LogP contribution in [0.25, 0.3) is 6.08 Å². The first kappa shape index (κ1) is 23.6. The van der Waals surface area contributed by atoms with Crippen molar-refractivity contribution < 1.29 is 14.3 Å². The van der Waals surface area contributed by atoms with Crippen LogP contribution in [0.1, 0.15) is 16.7 Å². The third-order valence-electron chi connectivity index (χ3n) is 4.97. The third kappa shape index (κ3) is 5.36. The van der Waals surface area contributed by atoms with Crippen LogP contribution in [-0.2, 0) is 11.4 Å². The fraction of sp³-hybridized carbons (Fsp3) is 0.120. The Balaban J connectivity index is 1.53. The smallest absolute Gasteiger partial charge is 0.270 e. The Kier molecular flexibility index (Phi) is 7.29. The Morgan fingerprint density at radius 3 is 2.48 bits per heavy atom. The van der Waals surface area contributed by atoms with Crippen molar-refractivity contribution in [2.75, 3.05) is 12.0 Å². The van der Waals surface area contributed by atoms with Gasteiger partial charge in [-0.05, 0) is 55.0 Å². The van der Waals surface area contributed by atoms with Gasteiger partial charge < -0.3 is 9.47 Å². The van der Waals surface area contributed by atoms with Crippen molar-refractivity contribution >= 4 is 69.2 Å². The number of ether oxygens (including phenoxy) is 2. The number of benzene rings is 3. The second-order valence-electron chi connectivity index (χ2n) is 7.29. The summed E-state index contributed by atoms with van der Waals surface area (Å²) in [7, 11) is 1.57. The predicted molar refractivity (Wildman–Crippen MR) is 141 cm³/mol. The van der Waals surface area contributed by atoms with E-state index in [0.29, 0.717) is 30.8 Å². The van der Waals surface area contributed by atoms with E-state index in [2.05, 4.69) is 0 Å². The minimum Gasteiger partial charge on any atom is -0.493 e. The van der Waals surface area contributed by atoms with Gasteiger partial charge in [0.2, 0.25) is 0 Å². The van der Waals surface area contributed by atoms with Crippen molar-refractivity contribution in [2.24, 2.45) is 0 Å². The van der Waals surface area contributed by atoms with Crippen molar-refractivity contribution in [1.82, 2.24) is 0 Å². The van der Waals surface area contributed by atoms with E-state index in [1.54, 1.807) is 36.3 Å². The first-order valence-electron chi connectivity index (χ1n) is 9.95. The van der Waals surface area contributed by atoms with Gasteiger partial charge >= 0.3 is 0 Å². The lowest BCUT2D eigenvalue weighted by Gasteiger charge is -2.14. The molecule has 8 heteroatoms. The van der Waals surface area contributed by atoms with Crippen LogP contribution < -0.4 is 14.4 Å². The Morgan fingerprint density at radius 1 is 1.03 bits per heavy atom. The topological polar surface area (TPSA) is 38.8 Å². The molecule has 1 aliphatic rings. The Morgan fingerprint density at radius 2 is 1.79 bits per heavy atom. The molecule has 0 aliphatic carbocycles. The number of halogens is 2. The lowest BCUT2D eigenvalue weighted by atomic mass is 10.1. The number of aryl methyl sites for hydroxylation is 1. The summed E-state index contributed by atoms with van der Waals surface area (Å²) in [5.74, 6) is 0.959. The molecular formula is C25H19Cl2NO3S2. The number of carbonyl (C=O) groups excluding carboxylic acids is 1. The second kappa shape index (κ2) is 10.2. The second-order valence-corrected chi connectivity index (χ2v) is 9.81. The van der Waals surface area contributed by atoms with Gasteiger partial charge in [-0.15, -0.1) is 0 Å². The molecule has 0 bridgehead atoms. The standard InChI is InChI=1S/C25H19Cl2NO3S2/c1-15-3-8-19(9-4-15)28-24(29)23(33-25(28)32)12-16-5-10-21(22(11-16)30-2)31-14-17-6-7-18(26)13-20(17)27/h3-13H,14H2,1-2H3/b23-12-. The van der Waals surface area contributed by atoms with Crippen LogP contribution >= 0.6 is 47.2 Å². The van der Waals surface area contributed by atoms with Gasteiger partial charge in [0.25, 0.3) is 5.91 Å². The van der Waals surface area contributed by atoms with Crippen LogP contribution in [0.5, 0.6) is 11.5 Å². The summed E-state index contributed by atoms with van der Waals surface area (Å²) in [4.78, 5) is 15.1. The van der Waals surface area contributed by atoms with Gasteiger partial charge in [0.05, 0.1) is 17.7 Å². The van der Waals surface area contributed by atoms with Crippen molar-refractivity contribution in [2.45, 2.75) is 13.5 Å². The molecule has 0 spiro atoms. The number of nitrogens with zero attached hydrogens (tertiary/aromatic N) is 1. The van der Waals surface area contributed by atoms with Crippen LogP contribution in [0.2, 0.25) is 10.0 Å². The third-order valence-corrected chi connectivity index (χ3v) is 6.86. The fourth-order valence-corrected chi connectivity index (χ4v) is 4.99. The summed E-state index contributed by atoms with van der Waals surface area (Å²) in [6, 6.07) is 18.4. The molecule has 0 atom stereocenters. The molecule has 0 saturated carbocycles. The van der Waals surface area contributed by atoms with Gasteiger partial charge in [-0.2, -0.15) is 0 Å². The molecule has 1 amide bonds. The minimum absolute atomic E-state index is 0.148. The Bertz CT molecular complexity index is 1260. The number of methoxy groups -OCH3 is 1. The number of anilines is 1. The average Bonchev–Trinajstić information content (AvgIpc) is 3.07. The van der Waals surface area contributed by atoms with Crippen LogP contribution in [0.3, 0.4) is 0 Å². The van der Waals surface area contributed by atoms with Gasteiger partial charge in [0, 0.05) is 15.6 Å². The highest BCUT2D eigenvalue weighted by Gasteiger charge is 2.33. The van der Waals surface area contributed by atoms with Gasteiger partial charge in [-0.25, -0.2) is 0 Å². The maximum absolute atomic E-state index is 13.0. The molecule has 0 radical (unpaired) electrons. The first-order chi connectivity index (χ1) is 15.9. The monoisotopic (exact) mass is 515 g/mol. The molecule has 168 valence electrons. The molecule has 0 unspecified atom stereocenters. The molecule has 4 rings (SSSR count). The van der Waals surface area contributed by atoms with Gasteiger partial charge in [-0.1, -0.05) is 77.0 Å². The lowest BCUT2D eigenvalue weighted by molar-refractivity contribution is -0.113. The summed E-state index contributed by atoms with van der Waals surface area (Å²) in [6.07, 6.45) is 1.80. The number of hydrogen-bond acceptors (Lipinski definition) is 5. The Hall–Kier alpha value is -2.51. The SMILES string of the molecule is COc1cc(/C=C2\SC(=S)N(c3ccc(C)cc3)C2=O)ccc1OCc1ccc(Cl)cc1Cl. The van der Waals surface area contributed by atoms with E-state index in [1.165, 1.54) is 11.8 Å². The predicted octanol–water partition coefficient (Wildman–Crippen LogP) is 7.30. The number of amides is 1. The van der Waals surface area contributed by atoms with Crippen LogP contribution in [0.15, 0.2) is 65.6 Å². The van der Waals surface area contributed by atoms with Crippen LogP contribution in [0.4, 0.5) is 5.69 Å². The van der Waals surface area contributed by atoms with E-state index in [9.17, 15) is 4.79 Å². The number of carbonyl (C=O) groups is 1. The molecule has 0 N–H and O–H groups in total. The minimum atomic E-state index is -0.148. The summed E-state index contributed by atoms with van der Waals surface area (Å²) < 4.78 is 11.9. The first-order valence-corrected chi connectivity index (χ1v) is 11.9. The van der Waals surface area contributed by atoms with Gasteiger partial charge in [0.1, 0.15) is 6.61 Å². The average molecular weight is 516 g/mol. The number of thiocarbonyl (C=S) groups is 1.